The number of hydrogen-bond acceptors (Lipinski definition) is 2. The molecular weight excluding hydrogens is 114 g/mol. The van der Waals surface area contributed by atoms with Gasteiger partial charge in [0.1, 0.15) is 5.78 Å². The summed E-state index contributed by atoms with van der Waals surface area (Å²) in [6.07, 6.45) is 5.03. The van der Waals surface area contributed by atoms with Crippen molar-refractivity contribution in [2.45, 2.75) is 25.7 Å². The maximum absolute atomic E-state index is 10.9. The average molecular weight is 125 g/mol. The zero-order valence-electron chi connectivity index (χ0n) is 5.39. The molecule has 1 aliphatic rings. The van der Waals surface area contributed by atoms with Crippen LogP contribution in [0.25, 0.3) is 0 Å². The van der Waals surface area contributed by atoms with Gasteiger partial charge in [-0.15, -0.1) is 0 Å². The Morgan fingerprint density at radius 1 is 1.56 bits per heavy atom. The number of Topliss-reactive ketones (excluding diaryl/α,β-unsaturated/α-hetero) is 1. The monoisotopic (exact) mass is 125 g/mol. The summed E-state index contributed by atoms with van der Waals surface area (Å²) in [5.74, 6) is 0.218. The highest BCUT2D eigenvalue weighted by Gasteiger charge is 2.18. The molecule has 1 rings (SSSR count). The van der Waals surface area contributed by atoms with Crippen LogP contribution in [0.4, 0.5) is 0 Å². The van der Waals surface area contributed by atoms with E-state index in [-0.39, 0.29) is 11.7 Å². The van der Waals surface area contributed by atoms with Gasteiger partial charge < -0.3 is 5.41 Å². The van der Waals surface area contributed by atoms with Crippen LogP contribution in [0.15, 0.2) is 0 Å². The molecule has 50 valence electrons. The van der Waals surface area contributed by atoms with E-state index in [4.69, 9.17) is 5.41 Å². The minimum absolute atomic E-state index is 0.0428. The number of hydrogen-bond donors (Lipinski definition) is 1. The molecular formula is C7H11NO. The van der Waals surface area contributed by atoms with Crippen LogP contribution < -0.4 is 0 Å². The summed E-state index contributed by atoms with van der Waals surface area (Å²) >= 11 is 0. The Bertz CT molecular complexity index is 131. The van der Waals surface area contributed by atoms with Crippen LogP contribution in [-0.4, -0.2) is 12.0 Å². The maximum Gasteiger partial charge on any atom is 0.141 e. The van der Waals surface area contributed by atoms with E-state index in [2.05, 4.69) is 0 Å². The molecule has 2 nitrogen and oxygen atoms in total. The molecule has 1 N–H and O–H groups in total. The van der Waals surface area contributed by atoms with Crippen LogP contribution in [0.5, 0.6) is 0 Å². The van der Waals surface area contributed by atoms with E-state index >= 15 is 0 Å². The topological polar surface area (TPSA) is 40.9 Å². The molecule has 1 saturated carbocycles. The predicted octanol–water partition coefficient (Wildman–Crippen LogP) is 1.40. The van der Waals surface area contributed by atoms with Gasteiger partial charge in [0.2, 0.25) is 0 Å². The smallest absolute Gasteiger partial charge is 0.141 e. The Kier molecular flexibility index (Phi) is 1.98. The molecule has 0 aromatic heterocycles. The Labute approximate surface area is 54.8 Å². The molecule has 0 bridgehead atoms. The number of carbonyl (C=O) groups excluding carboxylic acids is 1. The van der Waals surface area contributed by atoms with Gasteiger partial charge in [-0.2, -0.15) is 0 Å². The van der Waals surface area contributed by atoms with Gasteiger partial charge in [0, 0.05) is 12.6 Å². The van der Waals surface area contributed by atoms with Crippen molar-refractivity contribution in [2.75, 3.05) is 0 Å². The summed E-state index contributed by atoms with van der Waals surface area (Å²) in [7, 11) is 0. The minimum Gasteiger partial charge on any atom is -0.312 e. The lowest BCUT2D eigenvalue weighted by molar-refractivity contribution is -0.122. The summed E-state index contributed by atoms with van der Waals surface area (Å²) in [5.41, 5.74) is 0. The third-order valence-electron chi connectivity index (χ3n) is 1.80. The SMILES string of the molecule is N=C[C@H]1CCCCC1=O. The van der Waals surface area contributed by atoms with E-state index in [1.54, 1.807) is 0 Å². The molecule has 0 radical (unpaired) electrons. The Balaban J connectivity index is 2.48. The van der Waals surface area contributed by atoms with Crippen LogP contribution in [-0.2, 0) is 4.79 Å². The first-order valence-electron chi connectivity index (χ1n) is 3.38. The highest BCUT2D eigenvalue weighted by Crippen LogP contribution is 2.18. The van der Waals surface area contributed by atoms with Gasteiger partial charge in [-0.25, -0.2) is 0 Å². The fourth-order valence-corrected chi connectivity index (χ4v) is 1.19. The predicted molar refractivity (Wildman–Crippen MR) is 35.7 cm³/mol. The van der Waals surface area contributed by atoms with Crippen LogP contribution in [0, 0.1) is 11.3 Å². The van der Waals surface area contributed by atoms with Gasteiger partial charge in [-0.3, -0.25) is 4.79 Å². The van der Waals surface area contributed by atoms with Gasteiger partial charge >= 0.3 is 0 Å². The number of rotatable bonds is 1. The fourth-order valence-electron chi connectivity index (χ4n) is 1.19. The molecule has 0 aromatic rings. The summed E-state index contributed by atoms with van der Waals surface area (Å²) in [6, 6.07) is 0. The molecule has 9 heavy (non-hydrogen) atoms. The molecule has 1 aliphatic carbocycles. The van der Waals surface area contributed by atoms with Gasteiger partial charge in [-0.05, 0) is 12.8 Å². The minimum atomic E-state index is -0.0428. The zero-order valence-corrected chi connectivity index (χ0v) is 5.39. The van der Waals surface area contributed by atoms with Crippen LogP contribution in [0.2, 0.25) is 0 Å². The van der Waals surface area contributed by atoms with E-state index in [0.717, 1.165) is 19.3 Å². The standard InChI is InChI=1S/C7H11NO/c8-5-6-3-1-2-4-7(6)9/h5-6,8H,1-4H2/t6-/m1/s1. The molecule has 0 unspecified atom stereocenters. The Hall–Kier alpha value is -0.660. The molecule has 0 aromatic carbocycles. The molecule has 0 amide bonds. The van der Waals surface area contributed by atoms with Crippen molar-refractivity contribution in [3.8, 4) is 0 Å². The van der Waals surface area contributed by atoms with Crippen LogP contribution in [0.1, 0.15) is 25.7 Å². The highest BCUT2D eigenvalue weighted by atomic mass is 16.1. The second kappa shape index (κ2) is 2.76. The van der Waals surface area contributed by atoms with Gasteiger partial charge in [0.05, 0.1) is 5.92 Å². The lowest BCUT2D eigenvalue weighted by atomic mass is 9.89. The lowest BCUT2D eigenvalue weighted by Crippen LogP contribution is -2.19. The zero-order chi connectivity index (χ0) is 6.69. The van der Waals surface area contributed by atoms with Crippen molar-refractivity contribution in [1.29, 1.82) is 5.41 Å². The van der Waals surface area contributed by atoms with E-state index < -0.39 is 0 Å². The third-order valence-corrected chi connectivity index (χ3v) is 1.80. The first kappa shape index (κ1) is 6.46. The number of nitrogens with one attached hydrogen (secondary N) is 1. The summed E-state index contributed by atoms with van der Waals surface area (Å²) in [4.78, 5) is 10.9. The maximum atomic E-state index is 10.9. The molecule has 2 heteroatoms. The van der Waals surface area contributed by atoms with Gasteiger partial charge in [0.25, 0.3) is 0 Å². The second-order valence-corrected chi connectivity index (χ2v) is 2.49. The van der Waals surface area contributed by atoms with Crippen molar-refractivity contribution in [2.24, 2.45) is 5.92 Å². The summed E-state index contributed by atoms with van der Waals surface area (Å²) in [6.45, 7) is 0. The fraction of sp³-hybridized carbons (Fsp3) is 0.714. The Morgan fingerprint density at radius 2 is 2.33 bits per heavy atom. The van der Waals surface area contributed by atoms with E-state index in [9.17, 15) is 4.79 Å². The van der Waals surface area contributed by atoms with Crippen molar-refractivity contribution in [1.82, 2.24) is 0 Å². The first-order valence-corrected chi connectivity index (χ1v) is 3.38. The average Bonchev–Trinajstić information content (AvgIpc) is 1.89. The van der Waals surface area contributed by atoms with Crippen molar-refractivity contribution < 1.29 is 4.79 Å². The third kappa shape index (κ3) is 1.37. The molecule has 0 saturated heterocycles. The summed E-state index contributed by atoms with van der Waals surface area (Å²) in [5, 5.41) is 6.88. The largest absolute Gasteiger partial charge is 0.312 e. The van der Waals surface area contributed by atoms with E-state index in [1.807, 2.05) is 0 Å². The van der Waals surface area contributed by atoms with Gasteiger partial charge in [0.15, 0.2) is 0 Å². The van der Waals surface area contributed by atoms with Crippen LogP contribution in [0.3, 0.4) is 0 Å². The first-order chi connectivity index (χ1) is 4.34. The molecule has 1 fully saturated rings. The second-order valence-electron chi connectivity index (χ2n) is 2.49. The normalized spacial score (nSPS) is 28.0. The van der Waals surface area contributed by atoms with Crippen molar-refractivity contribution >= 4 is 12.0 Å². The molecule has 0 aliphatic heterocycles. The summed E-state index contributed by atoms with van der Waals surface area (Å²) < 4.78 is 0. The van der Waals surface area contributed by atoms with Crippen LogP contribution >= 0.6 is 0 Å². The lowest BCUT2D eigenvalue weighted by Gasteiger charge is -2.14. The quantitative estimate of drug-likeness (QED) is 0.529. The van der Waals surface area contributed by atoms with E-state index in [1.165, 1.54) is 6.21 Å². The van der Waals surface area contributed by atoms with Crippen molar-refractivity contribution in [3.63, 3.8) is 0 Å². The highest BCUT2D eigenvalue weighted by molar-refractivity contribution is 5.94. The molecule has 0 spiro atoms. The number of ketones is 1. The van der Waals surface area contributed by atoms with Gasteiger partial charge in [-0.1, -0.05) is 6.42 Å². The molecule has 1 atom stereocenters. The molecule has 0 heterocycles. The van der Waals surface area contributed by atoms with Crippen molar-refractivity contribution in [3.05, 3.63) is 0 Å². The number of carbonyl (C=O) groups is 1. The van der Waals surface area contributed by atoms with E-state index in [0.29, 0.717) is 6.42 Å². The Morgan fingerprint density at radius 3 is 2.78 bits per heavy atom.